The van der Waals surface area contributed by atoms with Gasteiger partial charge in [0.2, 0.25) is 0 Å². The number of carbonyl (C=O) groups is 1. The summed E-state index contributed by atoms with van der Waals surface area (Å²) in [6.45, 7) is 6.36. The van der Waals surface area contributed by atoms with Crippen LogP contribution in [0.25, 0.3) is 5.69 Å². The zero-order valence-electron chi connectivity index (χ0n) is 14.2. The smallest absolute Gasteiger partial charge is 0.255 e. The number of hydrogen-bond donors (Lipinski definition) is 1. The van der Waals surface area contributed by atoms with Crippen molar-refractivity contribution in [3.8, 4) is 5.69 Å². The summed E-state index contributed by atoms with van der Waals surface area (Å²) in [5.41, 5.74) is 5.48. The van der Waals surface area contributed by atoms with Crippen LogP contribution in [-0.4, -0.2) is 15.7 Å². The van der Waals surface area contributed by atoms with Crippen LogP contribution in [0.2, 0.25) is 0 Å². The summed E-state index contributed by atoms with van der Waals surface area (Å²) in [5.74, 6) is -0.0876. The zero-order chi connectivity index (χ0) is 17.1. The molecular formula is C20H21N3O. The molecule has 0 saturated heterocycles. The van der Waals surface area contributed by atoms with Crippen molar-refractivity contribution in [2.24, 2.45) is 0 Å². The van der Waals surface area contributed by atoms with Crippen LogP contribution in [-0.2, 0) is 6.54 Å². The Morgan fingerprint density at radius 3 is 2.38 bits per heavy atom. The quantitative estimate of drug-likeness (QED) is 0.796. The van der Waals surface area contributed by atoms with Crippen molar-refractivity contribution in [3.63, 3.8) is 0 Å². The average molecular weight is 319 g/mol. The molecule has 0 bridgehead atoms. The van der Waals surface area contributed by atoms with Crippen LogP contribution in [0.15, 0.2) is 54.6 Å². The van der Waals surface area contributed by atoms with Crippen molar-refractivity contribution < 1.29 is 4.79 Å². The van der Waals surface area contributed by atoms with Crippen molar-refractivity contribution >= 4 is 5.91 Å². The number of nitrogens with zero attached hydrogens (tertiary/aromatic N) is 2. The molecule has 0 aliphatic rings. The van der Waals surface area contributed by atoms with E-state index in [4.69, 9.17) is 0 Å². The first-order valence-corrected chi connectivity index (χ1v) is 8.02. The van der Waals surface area contributed by atoms with E-state index >= 15 is 0 Å². The molecule has 0 radical (unpaired) electrons. The molecular weight excluding hydrogens is 298 g/mol. The van der Waals surface area contributed by atoms with E-state index in [0.717, 1.165) is 22.6 Å². The highest BCUT2D eigenvalue weighted by atomic mass is 16.1. The molecule has 0 fully saturated rings. The molecule has 3 aromatic rings. The van der Waals surface area contributed by atoms with Gasteiger partial charge in [0, 0.05) is 6.54 Å². The largest absolute Gasteiger partial charge is 0.348 e. The molecule has 1 aromatic heterocycles. The Hall–Kier alpha value is -2.88. The Labute approximate surface area is 142 Å². The highest BCUT2D eigenvalue weighted by Gasteiger charge is 2.19. The highest BCUT2D eigenvalue weighted by molar-refractivity contribution is 5.96. The van der Waals surface area contributed by atoms with E-state index < -0.39 is 0 Å². The third kappa shape index (κ3) is 3.08. The van der Waals surface area contributed by atoms with Gasteiger partial charge in [-0.3, -0.25) is 4.79 Å². The second kappa shape index (κ2) is 6.71. The first-order valence-electron chi connectivity index (χ1n) is 8.02. The molecule has 1 amide bonds. The van der Waals surface area contributed by atoms with Gasteiger partial charge >= 0.3 is 0 Å². The van der Waals surface area contributed by atoms with E-state index in [1.807, 2.05) is 80.1 Å². The molecule has 1 heterocycles. The molecule has 0 atom stereocenters. The molecule has 0 aliphatic carbocycles. The number of benzene rings is 2. The molecule has 3 rings (SSSR count). The minimum atomic E-state index is -0.0876. The van der Waals surface area contributed by atoms with Gasteiger partial charge in [-0.1, -0.05) is 42.5 Å². The van der Waals surface area contributed by atoms with Crippen LogP contribution in [0, 0.1) is 20.8 Å². The summed E-state index contributed by atoms with van der Waals surface area (Å²) in [6, 6.07) is 17.9. The van der Waals surface area contributed by atoms with E-state index in [-0.39, 0.29) is 5.91 Å². The topological polar surface area (TPSA) is 46.9 Å². The van der Waals surface area contributed by atoms with Crippen LogP contribution < -0.4 is 5.32 Å². The minimum Gasteiger partial charge on any atom is -0.348 e. The highest BCUT2D eigenvalue weighted by Crippen LogP contribution is 2.18. The predicted molar refractivity (Wildman–Crippen MR) is 95.4 cm³/mol. The summed E-state index contributed by atoms with van der Waals surface area (Å²) in [7, 11) is 0. The number of aromatic nitrogens is 2. The lowest BCUT2D eigenvalue weighted by Gasteiger charge is -2.08. The summed E-state index contributed by atoms with van der Waals surface area (Å²) < 4.78 is 1.82. The maximum Gasteiger partial charge on any atom is 0.255 e. The lowest BCUT2D eigenvalue weighted by molar-refractivity contribution is 0.0949. The number of para-hydroxylation sites is 1. The number of rotatable bonds is 4. The van der Waals surface area contributed by atoms with E-state index in [1.54, 1.807) is 0 Å². The lowest BCUT2D eigenvalue weighted by atomic mass is 10.1. The molecule has 2 aromatic carbocycles. The second-order valence-corrected chi connectivity index (χ2v) is 5.90. The molecule has 4 heteroatoms. The molecule has 0 spiro atoms. The Kier molecular flexibility index (Phi) is 4.47. The van der Waals surface area contributed by atoms with Crippen molar-refractivity contribution in [3.05, 3.63) is 82.7 Å². The fraction of sp³-hybridized carbons (Fsp3) is 0.200. The van der Waals surface area contributed by atoms with Gasteiger partial charge in [-0.05, 0) is 44.0 Å². The van der Waals surface area contributed by atoms with Crippen LogP contribution in [0.5, 0.6) is 0 Å². The van der Waals surface area contributed by atoms with Crippen LogP contribution in [0.1, 0.15) is 32.9 Å². The number of carbonyl (C=O) groups excluding carboxylic acids is 1. The third-order valence-corrected chi connectivity index (χ3v) is 4.22. The van der Waals surface area contributed by atoms with Gasteiger partial charge in [0.15, 0.2) is 0 Å². The minimum absolute atomic E-state index is 0.0876. The van der Waals surface area contributed by atoms with Crippen LogP contribution in [0.4, 0.5) is 0 Å². The predicted octanol–water partition coefficient (Wildman–Crippen LogP) is 3.73. The standard InChI is InChI=1S/C20H21N3O/c1-14-9-7-8-10-17(14)13-21-20(24)19-15(2)22-23(16(19)3)18-11-5-4-6-12-18/h4-12H,13H2,1-3H3,(H,21,24). The van der Waals surface area contributed by atoms with Crippen molar-refractivity contribution in [1.82, 2.24) is 15.1 Å². The maximum absolute atomic E-state index is 12.7. The van der Waals surface area contributed by atoms with Gasteiger partial charge in [0.1, 0.15) is 0 Å². The van der Waals surface area contributed by atoms with Crippen LogP contribution in [0.3, 0.4) is 0 Å². The van der Waals surface area contributed by atoms with Gasteiger partial charge in [-0.2, -0.15) is 5.10 Å². The molecule has 0 aliphatic heterocycles. The Balaban J connectivity index is 1.83. The number of aryl methyl sites for hydroxylation is 2. The number of amides is 1. The molecule has 0 unspecified atom stereocenters. The second-order valence-electron chi connectivity index (χ2n) is 5.90. The fourth-order valence-corrected chi connectivity index (χ4v) is 2.86. The molecule has 0 saturated carbocycles. The van der Waals surface area contributed by atoms with Crippen molar-refractivity contribution in [2.75, 3.05) is 0 Å². The Morgan fingerprint density at radius 1 is 1.00 bits per heavy atom. The van der Waals surface area contributed by atoms with E-state index in [9.17, 15) is 4.79 Å². The molecule has 122 valence electrons. The normalized spacial score (nSPS) is 10.6. The third-order valence-electron chi connectivity index (χ3n) is 4.22. The van der Waals surface area contributed by atoms with Gasteiger partial charge in [-0.15, -0.1) is 0 Å². The molecule has 24 heavy (non-hydrogen) atoms. The van der Waals surface area contributed by atoms with Gasteiger partial charge in [-0.25, -0.2) is 4.68 Å². The summed E-state index contributed by atoms with van der Waals surface area (Å²) >= 11 is 0. The summed E-state index contributed by atoms with van der Waals surface area (Å²) in [6.07, 6.45) is 0. The average Bonchev–Trinajstić information content (AvgIpc) is 2.89. The Bertz CT molecular complexity index is 866. The first kappa shape index (κ1) is 16.0. The zero-order valence-corrected chi connectivity index (χ0v) is 14.2. The first-order chi connectivity index (χ1) is 11.6. The van der Waals surface area contributed by atoms with Gasteiger partial charge < -0.3 is 5.32 Å². The van der Waals surface area contributed by atoms with Crippen molar-refractivity contribution in [2.45, 2.75) is 27.3 Å². The summed E-state index contributed by atoms with van der Waals surface area (Å²) in [5, 5.41) is 7.54. The fourth-order valence-electron chi connectivity index (χ4n) is 2.86. The van der Waals surface area contributed by atoms with Crippen molar-refractivity contribution in [1.29, 1.82) is 0 Å². The van der Waals surface area contributed by atoms with E-state index in [1.165, 1.54) is 5.56 Å². The maximum atomic E-state index is 12.7. The number of nitrogens with one attached hydrogen (secondary N) is 1. The molecule has 4 nitrogen and oxygen atoms in total. The van der Waals surface area contributed by atoms with E-state index in [2.05, 4.69) is 10.4 Å². The van der Waals surface area contributed by atoms with E-state index in [0.29, 0.717) is 12.1 Å². The Morgan fingerprint density at radius 2 is 1.67 bits per heavy atom. The molecule has 1 N–H and O–H groups in total. The monoisotopic (exact) mass is 319 g/mol. The SMILES string of the molecule is Cc1ccccc1CNC(=O)c1c(C)nn(-c2ccccc2)c1C. The summed E-state index contributed by atoms with van der Waals surface area (Å²) in [4.78, 5) is 12.7. The van der Waals surface area contributed by atoms with Gasteiger partial charge in [0.25, 0.3) is 5.91 Å². The number of hydrogen-bond acceptors (Lipinski definition) is 2. The lowest BCUT2D eigenvalue weighted by Crippen LogP contribution is -2.24. The van der Waals surface area contributed by atoms with Crippen LogP contribution >= 0.6 is 0 Å². The van der Waals surface area contributed by atoms with Gasteiger partial charge in [0.05, 0.1) is 22.6 Å².